The van der Waals surface area contributed by atoms with Crippen molar-refractivity contribution >= 4 is 23.4 Å². The highest BCUT2D eigenvalue weighted by Gasteiger charge is 2.44. The number of nitrogens with zero attached hydrogens (tertiary/aromatic N) is 2. The van der Waals surface area contributed by atoms with E-state index in [0.717, 1.165) is 38.6 Å². The Hall–Kier alpha value is -1.59. The maximum atomic E-state index is 12.8. The van der Waals surface area contributed by atoms with Crippen LogP contribution in [0.5, 0.6) is 0 Å². The van der Waals surface area contributed by atoms with Gasteiger partial charge in [-0.15, -0.1) is 0 Å². The zero-order valence-corrected chi connectivity index (χ0v) is 17.0. The minimum Gasteiger partial charge on any atom is -0.378 e. The molecule has 1 spiro atoms. The second-order valence-corrected chi connectivity index (χ2v) is 9.18. The molecule has 0 bridgehead atoms. The van der Waals surface area contributed by atoms with Crippen molar-refractivity contribution in [1.29, 1.82) is 0 Å². The third-order valence-corrected chi connectivity index (χ3v) is 7.27. The largest absolute Gasteiger partial charge is 0.378 e. The van der Waals surface area contributed by atoms with Crippen LogP contribution in [0.2, 0.25) is 5.02 Å². The lowest BCUT2D eigenvalue weighted by atomic mass is 9.72. The first-order valence-electron chi connectivity index (χ1n) is 10.5. The molecule has 2 aliphatic heterocycles. The number of carbonyl (C=O) groups excluding carboxylic acids is 2. The van der Waals surface area contributed by atoms with E-state index in [-0.39, 0.29) is 11.3 Å². The molecule has 1 atom stereocenters. The lowest BCUT2D eigenvalue weighted by molar-refractivity contribution is -0.148. The number of rotatable bonds is 3. The molecule has 152 valence electrons. The maximum absolute atomic E-state index is 12.8. The Balaban J connectivity index is 1.37. The van der Waals surface area contributed by atoms with Gasteiger partial charge >= 0.3 is 0 Å². The van der Waals surface area contributed by atoms with E-state index in [1.165, 1.54) is 12.8 Å². The SMILES string of the molecule is O=C([C@@H](O)c1ccc(Cl)cc1)N1CCC2(CCC(=O)N(C3CCCC3)C2)CC1. The summed E-state index contributed by atoms with van der Waals surface area (Å²) in [4.78, 5) is 29.2. The van der Waals surface area contributed by atoms with Gasteiger partial charge in [-0.2, -0.15) is 0 Å². The van der Waals surface area contributed by atoms with Crippen LogP contribution >= 0.6 is 11.6 Å². The molecule has 3 fully saturated rings. The van der Waals surface area contributed by atoms with Crippen LogP contribution in [0.4, 0.5) is 0 Å². The number of amides is 2. The van der Waals surface area contributed by atoms with Gasteiger partial charge in [-0.3, -0.25) is 9.59 Å². The van der Waals surface area contributed by atoms with Crippen LogP contribution in [0.15, 0.2) is 24.3 Å². The standard InChI is InChI=1S/C22H29ClN2O3/c23-17-7-5-16(6-8-17)20(27)21(28)24-13-11-22(12-14-24)10-9-19(26)25(15-22)18-3-1-2-4-18/h5-8,18,20,27H,1-4,9-15H2/t20-/m0/s1. The number of aliphatic hydroxyl groups is 1. The lowest BCUT2D eigenvalue weighted by Crippen LogP contribution is -2.54. The molecule has 6 heteroatoms. The minimum absolute atomic E-state index is 0.137. The van der Waals surface area contributed by atoms with Crippen molar-refractivity contribution in [3.63, 3.8) is 0 Å². The first-order chi connectivity index (χ1) is 13.5. The molecule has 1 N–H and O–H groups in total. The first-order valence-corrected chi connectivity index (χ1v) is 10.9. The summed E-state index contributed by atoms with van der Waals surface area (Å²) in [5, 5.41) is 11.1. The molecule has 1 aromatic carbocycles. The summed E-state index contributed by atoms with van der Waals surface area (Å²) >= 11 is 5.89. The molecule has 2 saturated heterocycles. The van der Waals surface area contributed by atoms with E-state index in [9.17, 15) is 14.7 Å². The predicted octanol–water partition coefficient (Wildman–Crippen LogP) is 3.55. The summed E-state index contributed by atoms with van der Waals surface area (Å²) in [7, 11) is 0. The number of aliphatic hydroxyl groups excluding tert-OH is 1. The van der Waals surface area contributed by atoms with E-state index in [2.05, 4.69) is 4.90 Å². The molecule has 5 nitrogen and oxygen atoms in total. The fraction of sp³-hybridized carbons (Fsp3) is 0.636. The average molecular weight is 405 g/mol. The van der Waals surface area contributed by atoms with Gasteiger partial charge in [-0.25, -0.2) is 0 Å². The number of halogens is 1. The molecule has 3 aliphatic rings. The monoisotopic (exact) mass is 404 g/mol. The number of benzene rings is 1. The van der Waals surface area contributed by atoms with E-state index >= 15 is 0 Å². The molecule has 0 unspecified atom stereocenters. The fourth-order valence-electron chi connectivity index (χ4n) is 5.16. The molecular formula is C22H29ClN2O3. The van der Waals surface area contributed by atoms with Crippen LogP contribution in [0.25, 0.3) is 0 Å². The topological polar surface area (TPSA) is 60.9 Å². The summed E-state index contributed by atoms with van der Waals surface area (Å²) in [6.45, 7) is 2.14. The van der Waals surface area contributed by atoms with E-state index < -0.39 is 6.10 Å². The molecule has 2 amide bonds. The average Bonchev–Trinajstić information content (AvgIpc) is 3.25. The first kappa shape index (κ1) is 19.7. The number of piperidine rings is 2. The maximum Gasteiger partial charge on any atom is 0.256 e. The van der Waals surface area contributed by atoms with Gasteiger partial charge in [0, 0.05) is 37.1 Å². The zero-order chi connectivity index (χ0) is 19.7. The molecule has 4 rings (SSSR count). The van der Waals surface area contributed by atoms with E-state index in [1.807, 2.05) is 0 Å². The van der Waals surface area contributed by atoms with Crippen LogP contribution in [-0.2, 0) is 9.59 Å². The Morgan fingerprint density at radius 3 is 2.39 bits per heavy atom. The summed E-state index contributed by atoms with van der Waals surface area (Å²) < 4.78 is 0. The third kappa shape index (κ3) is 3.92. The third-order valence-electron chi connectivity index (χ3n) is 7.02. The van der Waals surface area contributed by atoms with Crippen molar-refractivity contribution in [3.8, 4) is 0 Å². The normalized spacial score (nSPS) is 24.0. The summed E-state index contributed by atoms with van der Waals surface area (Å²) in [5.74, 6) is 0.0749. The zero-order valence-electron chi connectivity index (χ0n) is 16.3. The van der Waals surface area contributed by atoms with E-state index in [1.54, 1.807) is 29.2 Å². The quantitative estimate of drug-likeness (QED) is 0.838. The number of carbonyl (C=O) groups is 2. The van der Waals surface area contributed by atoms with Gasteiger partial charge in [0.05, 0.1) is 0 Å². The molecule has 1 saturated carbocycles. The Kier molecular flexibility index (Phi) is 5.66. The molecule has 1 aromatic rings. The lowest BCUT2D eigenvalue weighted by Gasteiger charge is -2.49. The Labute approximate surface area is 171 Å². The highest BCUT2D eigenvalue weighted by molar-refractivity contribution is 6.30. The second kappa shape index (κ2) is 8.03. The van der Waals surface area contributed by atoms with Crippen LogP contribution in [0.1, 0.15) is 63.0 Å². The van der Waals surface area contributed by atoms with Crippen LogP contribution < -0.4 is 0 Å². The summed E-state index contributed by atoms with van der Waals surface area (Å²) in [6.07, 6.45) is 6.96. The van der Waals surface area contributed by atoms with Gasteiger partial charge in [-0.1, -0.05) is 36.6 Å². The molecule has 28 heavy (non-hydrogen) atoms. The van der Waals surface area contributed by atoms with Gasteiger partial charge in [0.25, 0.3) is 5.91 Å². The fourth-order valence-corrected chi connectivity index (χ4v) is 5.29. The number of likely N-dealkylation sites (tertiary alicyclic amines) is 2. The van der Waals surface area contributed by atoms with Crippen LogP contribution in [0.3, 0.4) is 0 Å². The van der Waals surface area contributed by atoms with Crippen LogP contribution in [0, 0.1) is 5.41 Å². The second-order valence-electron chi connectivity index (χ2n) is 8.74. The van der Waals surface area contributed by atoms with Gasteiger partial charge in [0.1, 0.15) is 0 Å². The van der Waals surface area contributed by atoms with E-state index in [4.69, 9.17) is 11.6 Å². The smallest absolute Gasteiger partial charge is 0.256 e. The van der Waals surface area contributed by atoms with Crippen LogP contribution in [-0.4, -0.2) is 52.4 Å². The summed E-state index contributed by atoms with van der Waals surface area (Å²) in [6, 6.07) is 7.20. The molecule has 1 aliphatic carbocycles. The van der Waals surface area contributed by atoms with Crippen molar-refractivity contribution in [2.24, 2.45) is 5.41 Å². The van der Waals surface area contributed by atoms with Crippen molar-refractivity contribution in [3.05, 3.63) is 34.9 Å². The number of hydrogen-bond acceptors (Lipinski definition) is 3. The molecule has 0 radical (unpaired) electrons. The summed E-state index contributed by atoms with van der Waals surface area (Å²) in [5.41, 5.74) is 0.712. The minimum atomic E-state index is -1.14. The van der Waals surface area contributed by atoms with Crippen molar-refractivity contribution in [1.82, 2.24) is 9.80 Å². The van der Waals surface area contributed by atoms with Crippen molar-refractivity contribution in [2.45, 2.75) is 63.5 Å². The van der Waals surface area contributed by atoms with Gasteiger partial charge in [0.2, 0.25) is 5.91 Å². The molecule has 0 aromatic heterocycles. The predicted molar refractivity (Wildman–Crippen MR) is 108 cm³/mol. The molecular weight excluding hydrogens is 376 g/mol. The van der Waals surface area contributed by atoms with Gasteiger partial charge in [-0.05, 0) is 55.2 Å². The Bertz CT molecular complexity index is 722. The van der Waals surface area contributed by atoms with Gasteiger partial charge in [0.15, 0.2) is 6.10 Å². The Morgan fingerprint density at radius 1 is 1.11 bits per heavy atom. The van der Waals surface area contributed by atoms with Gasteiger partial charge < -0.3 is 14.9 Å². The van der Waals surface area contributed by atoms with E-state index in [0.29, 0.717) is 42.0 Å². The molecule has 2 heterocycles. The van der Waals surface area contributed by atoms with Crippen molar-refractivity contribution < 1.29 is 14.7 Å². The highest BCUT2D eigenvalue weighted by atomic mass is 35.5. The highest BCUT2D eigenvalue weighted by Crippen LogP contribution is 2.42. The number of hydrogen-bond donors (Lipinski definition) is 1. The van der Waals surface area contributed by atoms with Crippen molar-refractivity contribution in [2.75, 3.05) is 19.6 Å². The Morgan fingerprint density at radius 2 is 1.75 bits per heavy atom.